The third-order valence-electron chi connectivity index (χ3n) is 7.23. The van der Waals surface area contributed by atoms with E-state index in [1.165, 1.54) is 6.07 Å². The van der Waals surface area contributed by atoms with Crippen molar-refractivity contribution in [3.05, 3.63) is 59.7 Å². The largest absolute Gasteiger partial charge is 0.416 e. The van der Waals surface area contributed by atoms with Crippen molar-refractivity contribution in [1.82, 2.24) is 14.8 Å². The van der Waals surface area contributed by atoms with E-state index in [4.69, 9.17) is 0 Å². The lowest BCUT2D eigenvalue weighted by molar-refractivity contribution is -0.137. The molecule has 0 saturated carbocycles. The Bertz CT molecular complexity index is 1170. The van der Waals surface area contributed by atoms with Gasteiger partial charge in [-0.2, -0.15) is 13.2 Å². The number of benzene rings is 2. The number of hydrogen-bond donors (Lipinski definition) is 1. The summed E-state index contributed by atoms with van der Waals surface area (Å²) in [7, 11) is 3.95. The fourth-order valence-corrected chi connectivity index (χ4v) is 5.59. The standard InChI is InChI=1S/C25H26F3N3O/c1-30-18-10-11-19(30)14-17(13-18)29-24(32)22-20-8-3-4-9-21(20)31(2)23(22)15-6-5-7-16(12-15)25(26,27)28/h3-9,12,17-19H,10-11,13-14H2,1-2H3,(H,29,32)/t17?,18-,19+. The lowest BCUT2D eigenvalue weighted by Gasteiger charge is -2.36. The number of alkyl halides is 3. The molecule has 0 spiro atoms. The number of amides is 1. The van der Waals surface area contributed by atoms with Crippen LogP contribution in [0, 0.1) is 0 Å². The van der Waals surface area contributed by atoms with E-state index in [9.17, 15) is 18.0 Å². The molecule has 2 aliphatic rings. The summed E-state index contributed by atoms with van der Waals surface area (Å²) in [6.45, 7) is 0. The van der Waals surface area contributed by atoms with E-state index in [1.807, 2.05) is 28.8 Å². The van der Waals surface area contributed by atoms with Gasteiger partial charge in [-0.3, -0.25) is 4.79 Å². The van der Waals surface area contributed by atoms with Crippen LogP contribution in [0.4, 0.5) is 13.2 Å². The Morgan fingerprint density at radius 2 is 1.69 bits per heavy atom. The second-order valence-electron chi connectivity index (χ2n) is 9.07. The zero-order valence-electron chi connectivity index (χ0n) is 18.1. The SMILES string of the molecule is CN1[C@@H]2CC[C@H]1CC(NC(=O)c1c(-c3cccc(C(F)(F)F)c3)n(C)c3ccccc13)C2. The number of carbonyl (C=O) groups is 1. The molecule has 4 nitrogen and oxygen atoms in total. The van der Waals surface area contributed by atoms with Gasteiger partial charge in [0.1, 0.15) is 0 Å². The van der Waals surface area contributed by atoms with Crippen molar-refractivity contribution in [1.29, 1.82) is 0 Å². The number of carbonyl (C=O) groups excluding carboxylic acids is 1. The highest BCUT2D eigenvalue weighted by Gasteiger charge is 2.39. The highest BCUT2D eigenvalue weighted by Crippen LogP contribution is 2.38. The van der Waals surface area contributed by atoms with E-state index in [2.05, 4.69) is 17.3 Å². The first kappa shape index (κ1) is 21.1. The fourth-order valence-electron chi connectivity index (χ4n) is 5.59. The monoisotopic (exact) mass is 441 g/mol. The van der Waals surface area contributed by atoms with Crippen LogP contribution in [-0.2, 0) is 13.2 Å². The summed E-state index contributed by atoms with van der Waals surface area (Å²) < 4.78 is 42.0. The van der Waals surface area contributed by atoms with E-state index in [-0.39, 0.29) is 11.9 Å². The van der Waals surface area contributed by atoms with Gasteiger partial charge in [-0.25, -0.2) is 0 Å². The lowest BCUT2D eigenvalue weighted by Crippen LogP contribution is -2.48. The molecule has 0 radical (unpaired) electrons. The predicted octanol–water partition coefficient (Wildman–Crippen LogP) is 5.22. The first-order chi connectivity index (χ1) is 15.2. The molecule has 2 fully saturated rings. The van der Waals surface area contributed by atoms with Crippen molar-refractivity contribution >= 4 is 16.8 Å². The van der Waals surface area contributed by atoms with Gasteiger partial charge in [0.2, 0.25) is 0 Å². The van der Waals surface area contributed by atoms with Crippen LogP contribution in [0.5, 0.6) is 0 Å². The van der Waals surface area contributed by atoms with Crippen molar-refractivity contribution in [2.24, 2.45) is 7.05 Å². The van der Waals surface area contributed by atoms with Gasteiger partial charge < -0.3 is 14.8 Å². The molecule has 32 heavy (non-hydrogen) atoms. The Kier molecular flexibility index (Phi) is 5.04. The van der Waals surface area contributed by atoms with Crippen LogP contribution in [0.2, 0.25) is 0 Å². The summed E-state index contributed by atoms with van der Waals surface area (Å²) in [6, 6.07) is 13.7. The molecule has 2 bridgehead atoms. The molecule has 2 aliphatic heterocycles. The molecule has 1 unspecified atom stereocenters. The maximum Gasteiger partial charge on any atom is 0.416 e. The highest BCUT2D eigenvalue weighted by molar-refractivity contribution is 6.12. The first-order valence-electron chi connectivity index (χ1n) is 11.0. The maximum atomic E-state index is 13.6. The zero-order valence-corrected chi connectivity index (χ0v) is 18.1. The van der Waals surface area contributed by atoms with Crippen molar-refractivity contribution in [3.63, 3.8) is 0 Å². The summed E-state index contributed by atoms with van der Waals surface area (Å²) in [6.07, 6.45) is -0.338. The number of nitrogens with one attached hydrogen (secondary N) is 1. The third kappa shape index (κ3) is 3.48. The first-order valence-corrected chi connectivity index (χ1v) is 11.0. The van der Waals surface area contributed by atoms with Gasteiger partial charge in [-0.15, -0.1) is 0 Å². The predicted molar refractivity (Wildman–Crippen MR) is 118 cm³/mol. The summed E-state index contributed by atoms with van der Waals surface area (Å²) >= 11 is 0. The maximum absolute atomic E-state index is 13.6. The van der Waals surface area contributed by atoms with Crippen molar-refractivity contribution in [2.75, 3.05) is 7.05 Å². The summed E-state index contributed by atoms with van der Waals surface area (Å²) in [5, 5.41) is 3.96. The zero-order chi connectivity index (χ0) is 22.6. The number of aromatic nitrogens is 1. The molecule has 7 heteroatoms. The molecule has 3 atom stereocenters. The normalized spacial score (nSPS) is 23.6. The van der Waals surface area contributed by atoms with Gasteiger partial charge in [0, 0.05) is 36.1 Å². The molecule has 1 aromatic heterocycles. The Hall–Kier alpha value is -2.80. The number of para-hydroxylation sites is 1. The van der Waals surface area contributed by atoms with Crippen LogP contribution < -0.4 is 5.32 Å². The Labute approximate surface area is 185 Å². The van der Waals surface area contributed by atoms with Gasteiger partial charge in [0.15, 0.2) is 0 Å². The number of rotatable bonds is 3. The van der Waals surface area contributed by atoms with Gasteiger partial charge in [0.05, 0.1) is 16.8 Å². The van der Waals surface area contributed by atoms with Gasteiger partial charge in [-0.1, -0.05) is 30.3 Å². The number of halogens is 3. The minimum Gasteiger partial charge on any atom is -0.349 e. The van der Waals surface area contributed by atoms with Crippen LogP contribution in [0.3, 0.4) is 0 Å². The fraction of sp³-hybridized carbons (Fsp3) is 0.400. The van der Waals surface area contributed by atoms with Gasteiger partial charge in [0.25, 0.3) is 5.91 Å². The van der Waals surface area contributed by atoms with E-state index in [1.54, 1.807) is 13.1 Å². The summed E-state index contributed by atoms with van der Waals surface area (Å²) in [5.41, 5.74) is 1.42. The summed E-state index contributed by atoms with van der Waals surface area (Å²) in [5.74, 6) is -0.219. The van der Waals surface area contributed by atoms with E-state index in [0.29, 0.717) is 28.9 Å². The average Bonchev–Trinajstić information content (AvgIpc) is 3.15. The molecular formula is C25H26F3N3O. The van der Waals surface area contributed by atoms with Crippen LogP contribution in [0.25, 0.3) is 22.2 Å². The molecule has 1 amide bonds. The van der Waals surface area contributed by atoms with E-state index in [0.717, 1.165) is 48.7 Å². The Morgan fingerprint density at radius 3 is 2.38 bits per heavy atom. The van der Waals surface area contributed by atoms with Gasteiger partial charge in [-0.05, 0) is 56.5 Å². The second kappa shape index (κ2) is 7.66. The van der Waals surface area contributed by atoms with Crippen LogP contribution >= 0.6 is 0 Å². The molecule has 3 aromatic rings. The van der Waals surface area contributed by atoms with E-state index >= 15 is 0 Å². The Morgan fingerprint density at radius 1 is 1.00 bits per heavy atom. The Balaban J connectivity index is 1.56. The highest BCUT2D eigenvalue weighted by atomic mass is 19.4. The third-order valence-corrected chi connectivity index (χ3v) is 7.23. The number of fused-ring (bicyclic) bond motifs is 3. The van der Waals surface area contributed by atoms with Crippen LogP contribution in [0.15, 0.2) is 48.5 Å². The topological polar surface area (TPSA) is 37.3 Å². The minimum atomic E-state index is -4.45. The minimum absolute atomic E-state index is 0.0736. The molecule has 2 aromatic carbocycles. The average molecular weight is 441 g/mol. The number of nitrogens with zero attached hydrogens (tertiary/aromatic N) is 2. The molecule has 5 rings (SSSR count). The van der Waals surface area contributed by atoms with Crippen molar-refractivity contribution in [2.45, 2.75) is 50.0 Å². The summed E-state index contributed by atoms with van der Waals surface area (Å²) in [4.78, 5) is 16.0. The molecule has 0 aliphatic carbocycles. The molecule has 3 heterocycles. The number of aryl methyl sites for hydroxylation is 1. The van der Waals surface area contributed by atoms with Crippen LogP contribution in [-0.4, -0.2) is 40.5 Å². The molecular weight excluding hydrogens is 415 g/mol. The number of hydrogen-bond acceptors (Lipinski definition) is 2. The smallest absolute Gasteiger partial charge is 0.349 e. The lowest BCUT2D eigenvalue weighted by atomic mass is 9.97. The van der Waals surface area contributed by atoms with Crippen molar-refractivity contribution in [3.8, 4) is 11.3 Å². The quantitative estimate of drug-likeness (QED) is 0.605. The molecule has 168 valence electrons. The van der Waals surface area contributed by atoms with Crippen LogP contribution in [0.1, 0.15) is 41.6 Å². The van der Waals surface area contributed by atoms with Crippen molar-refractivity contribution < 1.29 is 18.0 Å². The number of piperidine rings is 1. The van der Waals surface area contributed by atoms with Gasteiger partial charge >= 0.3 is 6.18 Å². The molecule has 1 N–H and O–H groups in total. The van der Waals surface area contributed by atoms with E-state index < -0.39 is 11.7 Å². The second-order valence-corrected chi connectivity index (χ2v) is 9.07. The molecule has 2 saturated heterocycles.